The van der Waals surface area contributed by atoms with Crippen LogP contribution in [0.1, 0.15) is 83.1 Å². The number of nitrogens with zero attached hydrogens (tertiary/aromatic N) is 6. The van der Waals surface area contributed by atoms with Gasteiger partial charge in [-0.2, -0.15) is 9.50 Å². The van der Waals surface area contributed by atoms with E-state index in [1.54, 1.807) is 0 Å². The fraction of sp³-hybridized carbons (Fsp3) is 0.586. The summed E-state index contributed by atoms with van der Waals surface area (Å²) < 4.78 is 1.86. The topological polar surface area (TPSA) is 66.6 Å². The number of hydrogen-bond acceptors (Lipinski definition) is 5. The average Bonchev–Trinajstić information content (AvgIpc) is 3.39. The normalized spacial score (nSPS) is 18.1. The molecule has 3 heterocycles. The third kappa shape index (κ3) is 5.25. The van der Waals surface area contributed by atoms with Crippen LogP contribution in [0.2, 0.25) is 0 Å². The lowest BCUT2D eigenvalue weighted by Crippen LogP contribution is -2.50. The van der Waals surface area contributed by atoms with Crippen LogP contribution in [0.5, 0.6) is 0 Å². The second-order valence-electron chi connectivity index (χ2n) is 10.5. The number of anilines is 1. The molecule has 0 bridgehead atoms. The summed E-state index contributed by atoms with van der Waals surface area (Å²) in [5, 5.41) is 4.85. The van der Waals surface area contributed by atoms with Crippen LogP contribution in [0.3, 0.4) is 0 Å². The van der Waals surface area contributed by atoms with Crippen LogP contribution in [0.15, 0.2) is 36.5 Å². The standard InChI is InChI=1S/C29H40N6O/c1-3-5-9-22(4-2)27(36)33-18-20-34(21-19-33)29-31-28-30-17-16-26(35(28)32-29)25-14-12-24(13-15-25)23-10-7-6-8-11-23/h12-17,22-23H,3-11,18-21H2,1-2H3. The number of hydrogen-bond donors (Lipinski definition) is 0. The monoisotopic (exact) mass is 488 g/mol. The molecule has 1 aliphatic carbocycles. The summed E-state index contributed by atoms with van der Waals surface area (Å²) in [6.07, 6.45) is 12.7. The minimum absolute atomic E-state index is 0.154. The van der Waals surface area contributed by atoms with Gasteiger partial charge in [0, 0.05) is 43.9 Å². The maximum Gasteiger partial charge on any atom is 0.254 e. The quantitative estimate of drug-likeness (QED) is 0.407. The zero-order valence-electron chi connectivity index (χ0n) is 21.9. The maximum atomic E-state index is 13.0. The van der Waals surface area contributed by atoms with E-state index in [2.05, 4.69) is 48.0 Å². The van der Waals surface area contributed by atoms with Crippen molar-refractivity contribution >= 4 is 17.6 Å². The van der Waals surface area contributed by atoms with Crippen LogP contribution < -0.4 is 4.90 Å². The second-order valence-corrected chi connectivity index (χ2v) is 10.5. The molecule has 2 aliphatic rings. The van der Waals surface area contributed by atoms with Gasteiger partial charge in [-0.25, -0.2) is 4.98 Å². The Morgan fingerprint density at radius 3 is 2.44 bits per heavy atom. The zero-order valence-corrected chi connectivity index (χ0v) is 21.9. The molecule has 2 aromatic heterocycles. The Bertz CT molecular complexity index is 1140. The molecule has 1 amide bonds. The first-order valence-electron chi connectivity index (χ1n) is 14.0. The van der Waals surface area contributed by atoms with E-state index >= 15 is 0 Å². The summed E-state index contributed by atoms with van der Waals surface area (Å²) in [6, 6.07) is 11.0. The molecule has 2 fully saturated rings. The number of amides is 1. The summed E-state index contributed by atoms with van der Waals surface area (Å²) in [5.74, 6) is 2.48. The van der Waals surface area contributed by atoms with Crippen molar-refractivity contribution in [1.29, 1.82) is 0 Å². The van der Waals surface area contributed by atoms with Crippen LogP contribution in [-0.4, -0.2) is 56.6 Å². The minimum atomic E-state index is 0.154. The van der Waals surface area contributed by atoms with Crippen LogP contribution in [0.4, 0.5) is 5.95 Å². The summed E-state index contributed by atoms with van der Waals surface area (Å²) in [7, 11) is 0. The first-order chi connectivity index (χ1) is 17.7. The molecule has 7 heteroatoms. The predicted molar refractivity (Wildman–Crippen MR) is 144 cm³/mol. The van der Waals surface area contributed by atoms with Gasteiger partial charge in [0.2, 0.25) is 11.9 Å². The molecular weight excluding hydrogens is 448 g/mol. The summed E-state index contributed by atoms with van der Waals surface area (Å²) >= 11 is 0. The zero-order chi connectivity index (χ0) is 24.9. The van der Waals surface area contributed by atoms with E-state index in [9.17, 15) is 4.79 Å². The van der Waals surface area contributed by atoms with Gasteiger partial charge in [0.1, 0.15) is 0 Å². The van der Waals surface area contributed by atoms with Crippen LogP contribution >= 0.6 is 0 Å². The SMILES string of the molecule is CCCCC(CC)C(=O)N1CCN(c2nc3nccc(-c4ccc(C5CCCCC5)cc4)n3n2)CC1. The summed E-state index contributed by atoms with van der Waals surface area (Å²) in [6.45, 7) is 7.25. The third-order valence-corrected chi connectivity index (χ3v) is 8.13. The van der Waals surface area contributed by atoms with Gasteiger partial charge in [-0.3, -0.25) is 4.79 Å². The first-order valence-corrected chi connectivity index (χ1v) is 14.0. The molecular formula is C29H40N6O. The molecule has 1 aromatic carbocycles. The summed E-state index contributed by atoms with van der Waals surface area (Å²) in [5.41, 5.74) is 3.59. The van der Waals surface area contributed by atoms with Crippen molar-refractivity contribution < 1.29 is 4.79 Å². The van der Waals surface area contributed by atoms with Crippen LogP contribution in [0.25, 0.3) is 17.0 Å². The van der Waals surface area contributed by atoms with Crippen molar-refractivity contribution in [2.24, 2.45) is 5.92 Å². The number of carbonyl (C=O) groups excluding carboxylic acids is 1. The lowest BCUT2D eigenvalue weighted by Gasteiger charge is -2.35. The molecule has 192 valence electrons. The average molecular weight is 489 g/mol. The van der Waals surface area contributed by atoms with Gasteiger partial charge in [0.15, 0.2) is 0 Å². The highest BCUT2D eigenvalue weighted by Crippen LogP contribution is 2.33. The molecule has 1 saturated heterocycles. The second kappa shape index (κ2) is 11.4. The Kier molecular flexibility index (Phi) is 7.83. The maximum absolute atomic E-state index is 13.0. The van der Waals surface area contributed by atoms with Gasteiger partial charge in [0.05, 0.1) is 5.69 Å². The molecule has 0 spiro atoms. The molecule has 1 unspecified atom stereocenters. The van der Waals surface area contributed by atoms with Gasteiger partial charge in [0.25, 0.3) is 5.78 Å². The van der Waals surface area contributed by atoms with E-state index in [1.165, 1.54) is 37.7 Å². The van der Waals surface area contributed by atoms with E-state index in [0.29, 0.717) is 23.6 Å². The molecule has 5 rings (SSSR count). The van der Waals surface area contributed by atoms with Crippen molar-refractivity contribution in [3.63, 3.8) is 0 Å². The number of aromatic nitrogens is 4. The number of piperazine rings is 1. The highest BCUT2D eigenvalue weighted by Gasteiger charge is 2.28. The van der Waals surface area contributed by atoms with E-state index in [1.807, 2.05) is 21.7 Å². The molecule has 1 aliphatic heterocycles. The van der Waals surface area contributed by atoms with Gasteiger partial charge in [-0.05, 0) is 43.2 Å². The van der Waals surface area contributed by atoms with Crippen molar-refractivity contribution in [2.75, 3.05) is 31.1 Å². The Morgan fingerprint density at radius 1 is 1.00 bits per heavy atom. The molecule has 3 aromatic rings. The van der Waals surface area contributed by atoms with E-state index < -0.39 is 0 Å². The van der Waals surface area contributed by atoms with E-state index in [0.717, 1.165) is 63.1 Å². The van der Waals surface area contributed by atoms with Crippen LogP contribution in [0, 0.1) is 5.92 Å². The van der Waals surface area contributed by atoms with Crippen molar-refractivity contribution in [3.8, 4) is 11.3 Å². The van der Waals surface area contributed by atoms with Gasteiger partial charge >= 0.3 is 0 Å². The Labute approximate surface area is 214 Å². The fourth-order valence-corrected chi connectivity index (χ4v) is 5.84. The van der Waals surface area contributed by atoms with Gasteiger partial charge in [-0.15, -0.1) is 5.10 Å². The van der Waals surface area contributed by atoms with Gasteiger partial charge < -0.3 is 9.80 Å². The molecule has 1 atom stereocenters. The number of carbonyl (C=O) groups is 1. The molecule has 0 N–H and O–H groups in total. The number of fused-ring (bicyclic) bond motifs is 1. The Balaban J connectivity index is 1.28. The molecule has 0 radical (unpaired) electrons. The van der Waals surface area contributed by atoms with Crippen molar-refractivity contribution in [1.82, 2.24) is 24.5 Å². The Morgan fingerprint density at radius 2 is 1.75 bits per heavy atom. The fourth-order valence-electron chi connectivity index (χ4n) is 5.84. The van der Waals surface area contributed by atoms with Crippen molar-refractivity contribution in [3.05, 3.63) is 42.1 Å². The minimum Gasteiger partial charge on any atom is -0.339 e. The molecule has 1 saturated carbocycles. The van der Waals surface area contributed by atoms with Crippen molar-refractivity contribution in [2.45, 2.75) is 77.6 Å². The third-order valence-electron chi connectivity index (χ3n) is 8.13. The number of benzene rings is 1. The smallest absolute Gasteiger partial charge is 0.254 e. The first kappa shape index (κ1) is 24.7. The largest absolute Gasteiger partial charge is 0.339 e. The Hall–Kier alpha value is -2.96. The lowest BCUT2D eigenvalue weighted by molar-refractivity contribution is -0.136. The molecule has 7 nitrogen and oxygen atoms in total. The van der Waals surface area contributed by atoms with E-state index in [-0.39, 0.29) is 5.92 Å². The van der Waals surface area contributed by atoms with E-state index in [4.69, 9.17) is 10.1 Å². The highest BCUT2D eigenvalue weighted by atomic mass is 16.2. The number of unbranched alkanes of at least 4 members (excludes halogenated alkanes) is 1. The van der Waals surface area contributed by atoms with Crippen LogP contribution in [-0.2, 0) is 4.79 Å². The number of rotatable bonds is 8. The highest BCUT2D eigenvalue weighted by molar-refractivity contribution is 5.79. The summed E-state index contributed by atoms with van der Waals surface area (Å²) in [4.78, 5) is 26.4. The predicted octanol–water partition coefficient (Wildman–Crippen LogP) is 5.70. The molecule has 36 heavy (non-hydrogen) atoms. The van der Waals surface area contributed by atoms with Gasteiger partial charge in [-0.1, -0.05) is 70.2 Å². The lowest BCUT2D eigenvalue weighted by atomic mass is 9.84.